The smallest absolute Gasteiger partial charge is 0.271 e. The molecule has 0 atom stereocenters. The molecule has 176 valence electrons. The number of methoxy groups -OCH3 is 1. The lowest BCUT2D eigenvalue weighted by molar-refractivity contribution is -0.128. The maximum absolute atomic E-state index is 12.9. The second kappa shape index (κ2) is 9.30. The van der Waals surface area contributed by atoms with Crippen LogP contribution in [0.15, 0.2) is 30.4 Å². The Labute approximate surface area is 196 Å². The van der Waals surface area contributed by atoms with Gasteiger partial charge in [0.1, 0.15) is 12.0 Å². The molecule has 11 heteroatoms. The van der Waals surface area contributed by atoms with Crippen molar-refractivity contribution in [3.63, 3.8) is 0 Å². The summed E-state index contributed by atoms with van der Waals surface area (Å²) in [6, 6.07) is 3.32. The molecule has 2 amide bonds. The van der Waals surface area contributed by atoms with Gasteiger partial charge in [0.15, 0.2) is 5.76 Å². The largest absolute Gasteiger partial charge is 0.481 e. The fourth-order valence-electron chi connectivity index (χ4n) is 3.78. The van der Waals surface area contributed by atoms with E-state index in [0.717, 1.165) is 0 Å². The maximum atomic E-state index is 12.9. The molecule has 4 heterocycles. The fraction of sp³-hybridized carbons (Fsp3) is 0.455. The van der Waals surface area contributed by atoms with Crippen LogP contribution in [0, 0.1) is 5.92 Å². The molecule has 0 bridgehead atoms. The highest BCUT2D eigenvalue weighted by Crippen LogP contribution is 2.29. The Morgan fingerprint density at radius 1 is 1.33 bits per heavy atom. The molecule has 2 N–H and O–H groups in total. The second-order valence-corrected chi connectivity index (χ2v) is 8.77. The van der Waals surface area contributed by atoms with Crippen LogP contribution in [-0.4, -0.2) is 64.4 Å². The SMILES string of the molecule is COc1cc(-c2cc(C(=O)N3CCC(C(=O)NCC4=COC(C)(C)O4)CC3)[nH]n2)c(Cl)cn1. The average molecular weight is 476 g/mol. The normalized spacial score (nSPS) is 17.7. The zero-order valence-corrected chi connectivity index (χ0v) is 19.4. The summed E-state index contributed by atoms with van der Waals surface area (Å²) in [5.41, 5.74) is 1.49. The lowest BCUT2D eigenvalue weighted by Gasteiger charge is -2.31. The topological polar surface area (TPSA) is 119 Å². The molecule has 2 aliphatic heterocycles. The molecule has 1 fully saturated rings. The highest BCUT2D eigenvalue weighted by Gasteiger charge is 2.31. The van der Waals surface area contributed by atoms with Crippen molar-refractivity contribution in [2.75, 3.05) is 26.7 Å². The molecular formula is C22H26ClN5O5. The second-order valence-electron chi connectivity index (χ2n) is 8.36. The van der Waals surface area contributed by atoms with E-state index in [9.17, 15) is 9.59 Å². The van der Waals surface area contributed by atoms with Crippen LogP contribution >= 0.6 is 11.6 Å². The van der Waals surface area contributed by atoms with E-state index < -0.39 is 5.79 Å². The first kappa shape index (κ1) is 22.9. The summed E-state index contributed by atoms with van der Waals surface area (Å²) >= 11 is 6.23. The summed E-state index contributed by atoms with van der Waals surface area (Å²) in [6.07, 6.45) is 4.15. The predicted molar refractivity (Wildman–Crippen MR) is 119 cm³/mol. The van der Waals surface area contributed by atoms with E-state index in [-0.39, 0.29) is 24.3 Å². The van der Waals surface area contributed by atoms with E-state index in [1.807, 2.05) is 0 Å². The number of aromatic nitrogens is 3. The number of carbonyl (C=O) groups excluding carboxylic acids is 2. The Kier molecular flexibility index (Phi) is 6.46. The molecule has 4 rings (SSSR count). The van der Waals surface area contributed by atoms with Crippen LogP contribution in [0.1, 0.15) is 37.2 Å². The van der Waals surface area contributed by atoms with Gasteiger partial charge in [-0.2, -0.15) is 5.10 Å². The van der Waals surface area contributed by atoms with Crippen molar-refractivity contribution in [3.8, 4) is 17.1 Å². The first-order valence-corrected chi connectivity index (χ1v) is 11.0. The zero-order valence-electron chi connectivity index (χ0n) is 18.7. The number of halogens is 1. The van der Waals surface area contributed by atoms with Gasteiger partial charge in [-0.1, -0.05) is 11.6 Å². The number of ether oxygens (including phenoxy) is 3. The van der Waals surface area contributed by atoms with Crippen LogP contribution in [0.5, 0.6) is 5.88 Å². The van der Waals surface area contributed by atoms with Crippen molar-refractivity contribution in [1.29, 1.82) is 0 Å². The minimum absolute atomic E-state index is 0.0543. The third kappa shape index (κ3) is 5.22. The molecule has 2 aromatic heterocycles. The van der Waals surface area contributed by atoms with Gasteiger partial charge in [-0.3, -0.25) is 14.7 Å². The van der Waals surface area contributed by atoms with E-state index >= 15 is 0 Å². The van der Waals surface area contributed by atoms with Crippen molar-refractivity contribution >= 4 is 23.4 Å². The minimum Gasteiger partial charge on any atom is -0.481 e. The number of hydrogen-bond acceptors (Lipinski definition) is 7. The van der Waals surface area contributed by atoms with Gasteiger partial charge in [-0.15, -0.1) is 0 Å². The number of pyridine rings is 1. The summed E-state index contributed by atoms with van der Waals surface area (Å²) in [4.78, 5) is 31.2. The van der Waals surface area contributed by atoms with Gasteiger partial charge in [0.2, 0.25) is 17.6 Å². The predicted octanol–water partition coefficient (Wildman–Crippen LogP) is 2.73. The van der Waals surface area contributed by atoms with Crippen molar-refractivity contribution in [2.45, 2.75) is 32.5 Å². The molecule has 1 saturated heterocycles. The number of rotatable bonds is 6. The van der Waals surface area contributed by atoms with E-state index in [4.69, 9.17) is 25.8 Å². The van der Waals surface area contributed by atoms with Crippen molar-refractivity contribution in [3.05, 3.63) is 41.1 Å². The highest BCUT2D eigenvalue weighted by atomic mass is 35.5. The summed E-state index contributed by atoms with van der Waals surface area (Å²) in [5.74, 6) is -0.103. The van der Waals surface area contributed by atoms with Crippen LogP contribution in [-0.2, 0) is 14.3 Å². The van der Waals surface area contributed by atoms with Crippen LogP contribution in [0.25, 0.3) is 11.3 Å². The minimum atomic E-state index is -0.701. The number of aromatic amines is 1. The first-order valence-electron chi connectivity index (χ1n) is 10.6. The standard InChI is InChI=1S/C22H26ClN5O5/c1-22(2)32-12-14(33-22)10-25-20(29)13-4-6-28(7-5-13)21(30)18-9-17(26-27-18)15-8-19(31-3)24-11-16(15)23/h8-9,11-13H,4-7,10H2,1-3H3,(H,25,29)(H,26,27). The van der Waals surface area contributed by atoms with E-state index in [0.29, 0.717) is 59.5 Å². The number of carbonyl (C=O) groups is 2. The van der Waals surface area contributed by atoms with Crippen LogP contribution in [0.3, 0.4) is 0 Å². The number of nitrogens with one attached hydrogen (secondary N) is 2. The van der Waals surface area contributed by atoms with Gasteiger partial charge >= 0.3 is 0 Å². The molecule has 2 aliphatic rings. The molecule has 33 heavy (non-hydrogen) atoms. The zero-order chi connectivity index (χ0) is 23.6. The number of nitrogens with zero attached hydrogens (tertiary/aromatic N) is 3. The van der Waals surface area contributed by atoms with Gasteiger partial charge in [-0.05, 0) is 18.9 Å². The fourth-order valence-corrected chi connectivity index (χ4v) is 3.98. The van der Waals surface area contributed by atoms with E-state index in [1.54, 1.807) is 30.9 Å². The Hall–Kier alpha value is -3.27. The van der Waals surface area contributed by atoms with Crippen molar-refractivity contribution in [1.82, 2.24) is 25.4 Å². The number of H-pyrrole nitrogens is 1. The molecule has 0 radical (unpaired) electrons. The summed E-state index contributed by atoms with van der Waals surface area (Å²) in [7, 11) is 1.51. The third-order valence-electron chi connectivity index (χ3n) is 5.56. The maximum Gasteiger partial charge on any atom is 0.271 e. The Morgan fingerprint density at radius 2 is 2.09 bits per heavy atom. The third-order valence-corrected chi connectivity index (χ3v) is 5.87. The van der Waals surface area contributed by atoms with Crippen molar-refractivity contribution < 1.29 is 23.8 Å². The van der Waals surface area contributed by atoms with E-state index in [1.165, 1.54) is 19.6 Å². The molecule has 0 aliphatic carbocycles. The van der Waals surface area contributed by atoms with Gasteiger partial charge in [0, 0.05) is 44.5 Å². The molecule has 0 unspecified atom stereocenters. The number of likely N-dealkylation sites (tertiary alicyclic amines) is 1. The van der Waals surface area contributed by atoms with Crippen LogP contribution < -0.4 is 10.1 Å². The van der Waals surface area contributed by atoms with Gasteiger partial charge in [0.25, 0.3) is 5.91 Å². The number of piperidine rings is 1. The molecule has 2 aromatic rings. The quantitative estimate of drug-likeness (QED) is 0.659. The molecule has 10 nitrogen and oxygen atoms in total. The number of hydrogen-bond donors (Lipinski definition) is 2. The molecule has 0 saturated carbocycles. The monoisotopic (exact) mass is 475 g/mol. The summed E-state index contributed by atoms with van der Waals surface area (Å²) < 4.78 is 16.1. The Morgan fingerprint density at radius 3 is 2.76 bits per heavy atom. The van der Waals surface area contributed by atoms with E-state index in [2.05, 4.69) is 20.5 Å². The lowest BCUT2D eigenvalue weighted by atomic mass is 9.95. The van der Waals surface area contributed by atoms with Crippen molar-refractivity contribution in [2.24, 2.45) is 5.92 Å². The number of amides is 2. The summed E-state index contributed by atoms with van der Waals surface area (Å²) in [6.45, 7) is 4.84. The average Bonchev–Trinajstić information content (AvgIpc) is 3.44. The lowest BCUT2D eigenvalue weighted by Crippen LogP contribution is -2.43. The Balaban J connectivity index is 1.30. The van der Waals surface area contributed by atoms with Gasteiger partial charge in [0.05, 0.1) is 30.6 Å². The highest BCUT2D eigenvalue weighted by molar-refractivity contribution is 6.33. The van der Waals surface area contributed by atoms with Crippen LogP contribution in [0.2, 0.25) is 5.02 Å². The van der Waals surface area contributed by atoms with Gasteiger partial charge in [-0.25, -0.2) is 4.98 Å². The molecule has 0 aromatic carbocycles. The molecule has 0 spiro atoms. The first-order chi connectivity index (χ1) is 15.8. The van der Waals surface area contributed by atoms with Crippen LogP contribution in [0.4, 0.5) is 0 Å². The molecular weight excluding hydrogens is 450 g/mol. The summed E-state index contributed by atoms with van der Waals surface area (Å²) in [5, 5.41) is 10.3. The Bertz CT molecular complexity index is 1070. The van der Waals surface area contributed by atoms with Gasteiger partial charge < -0.3 is 24.4 Å².